The van der Waals surface area contributed by atoms with Gasteiger partial charge in [-0.1, -0.05) is 51.8 Å². The van der Waals surface area contributed by atoms with Crippen molar-refractivity contribution < 1.29 is 52.4 Å². The number of terminal acetylenes is 1. The maximum atomic E-state index is 14.7. The van der Waals surface area contributed by atoms with Crippen LogP contribution in [0.4, 0.5) is 4.79 Å². The number of hydrogen-bond acceptors (Lipinski definition) is 12. The highest BCUT2D eigenvalue weighted by Gasteiger charge is 2.58. The fourth-order valence-electron chi connectivity index (χ4n) is 8.39. The summed E-state index contributed by atoms with van der Waals surface area (Å²) in [4.78, 5) is 71.3. The Morgan fingerprint density at radius 2 is 1.67 bits per heavy atom. The molecule has 0 radical (unpaired) electrons. The van der Waals surface area contributed by atoms with Gasteiger partial charge in [0.25, 0.3) is 0 Å². The van der Waals surface area contributed by atoms with Crippen LogP contribution in [0, 0.1) is 35.5 Å². The summed E-state index contributed by atoms with van der Waals surface area (Å²) in [6, 6.07) is 7.34. The number of nitrogens with one attached hydrogen (secondary N) is 1. The number of amides is 1. The van der Waals surface area contributed by atoms with E-state index in [1.807, 2.05) is 25.9 Å². The number of benzene rings is 1. The third-order valence-corrected chi connectivity index (χ3v) is 11.5. The van der Waals surface area contributed by atoms with E-state index in [0.29, 0.717) is 12.0 Å². The zero-order chi connectivity index (χ0) is 40.3. The molecule has 0 spiro atoms. The minimum atomic E-state index is -1.73. The Hall–Kier alpha value is -3.83. The summed E-state index contributed by atoms with van der Waals surface area (Å²) >= 11 is 0. The number of nitrogens with zero attached hydrogens (tertiary/aromatic N) is 1. The van der Waals surface area contributed by atoms with Gasteiger partial charge in [-0.2, -0.15) is 0 Å². The van der Waals surface area contributed by atoms with Crippen molar-refractivity contribution in [3.05, 3.63) is 35.9 Å². The number of esters is 2. The molecule has 3 fully saturated rings. The molecule has 0 saturated carbocycles. The van der Waals surface area contributed by atoms with Gasteiger partial charge in [0.1, 0.15) is 23.9 Å². The molecule has 4 rings (SSSR count). The lowest BCUT2D eigenvalue weighted by atomic mass is 9.71. The van der Waals surface area contributed by atoms with Gasteiger partial charge in [-0.15, -0.1) is 6.42 Å². The first-order chi connectivity index (χ1) is 25.2. The zero-order valence-corrected chi connectivity index (χ0v) is 33.5. The van der Waals surface area contributed by atoms with Crippen LogP contribution in [0.2, 0.25) is 0 Å². The minimum Gasteiger partial charge on any atom is -0.457 e. The summed E-state index contributed by atoms with van der Waals surface area (Å²) in [6.07, 6.45) is 1.02. The van der Waals surface area contributed by atoms with E-state index in [2.05, 4.69) is 11.2 Å². The number of hydrogen-bond donors (Lipinski definition) is 1. The number of likely N-dealkylation sites (N-methyl/N-ethyl adjacent to an activating group) is 1. The molecule has 0 aromatic heterocycles. The first-order valence-electron chi connectivity index (χ1n) is 18.8. The summed E-state index contributed by atoms with van der Waals surface area (Å²) in [5.74, 6) is -2.30. The number of rotatable bonds is 8. The van der Waals surface area contributed by atoms with Crippen LogP contribution in [0.3, 0.4) is 0 Å². The van der Waals surface area contributed by atoms with E-state index in [0.717, 1.165) is 0 Å². The van der Waals surface area contributed by atoms with Gasteiger partial charge in [-0.25, -0.2) is 9.59 Å². The molecule has 0 bridgehead atoms. The van der Waals surface area contributed by atoms with E-state index in [1.165, 1.54) is 13.8 Å². The molecule has 3 aliphatic heterocycles. The van der Waals surface area contributed by atoms with E-state index in [1.54, 1.807) is 71.9 Å². The van der Waals surface area contributed by atoms with Crippen LogP contribution in [0.1, 0.15) is 91.9 Å². The van der Waals surface area contributed by atoms with Crippen molar-refractivity contribution in [3.8, 4) is 12.3 Å². The van der Waals surface area contributed by atoms with Crippen LogP contribution in [-0.4, -0.2) is 109 Å². The fourth-order valence-corrected chi connectivity index (χ4v) is 8.39. The van der Waals surface area contributed by atoms with E-state index in [4.69, 9.17) is 34.8 Å². The molecule has 1 N–H and O–H groups in total. The number of Topliss-reactive ketones (excluding diaryl/α,β-unsaturated/α-hetero) is 2. The smallest absolute Gasteiger partial charge is 0.408 e. The third-order valence-electron chi connectivity index (χ3n) is 11.5. The first kappa shape index (κ1) is 42.9. The first-order valence-corrected chi connectivity index (χ1v) is 18.8. The Morgan fingerprint density at radius 1 is 1.02 bits per heavy atom. The molecule has 13 heteroatoms. The minimum absolute atomic E-state index is 0.0221. The molecule has 298 valence electrons. The molecule has 1 aromatic rings. The molecular weight excluding hydrogens is 696 g/mol. The Kier molecular flexibility index (Phi) is 13.4. The fraction of sp³-hybridized carbons (Fsp3) is 0.683. The Bertz CT molecular complexity index is 1590. The lowest BCUT2D eigenvalue weighted by molar-refractivity contribution is -0.296. The van der Waals surface area contributed by atoms with Gasteiger partial charge in [0.15, 0.2) is 23.8 Å². The number of alkyl carbamates (subject to hydrolysis) is 1. The lowest BCUT2D eigenvalue weighted by Gasteiger charge is -2.48. The lowest BCUT2D eigenvalue weighted by Crippen LogP contribution is -2.61. The molecule has 0 aliphatic carbocycles. The SMILES string of the molecule is C#CCO[C@@]1(C)C[C@@H](C)C(=O)[C@H](C)[C@H]2NC(=O)O[C@]2(C)[C@@H](CC)OC(=O)C(C)(C)C(=O)[C@H](C)[C@H]1O[C@@H]1O[C@H](C)C[C@H](N(C)C)[C@H]1OC(=O)c1ccccc1. The number of ketones is 2. The molecular formula is C41H58N2O11. The van der Waals surface area contributed by atoms with Gasteiger partial charge in [-0.05, 0) is 80.1 Å². The maximum Gasteiger partial charge on any atom is 0.408 e. The normalized spacial score (nSPS) is 37.6. The van der Waals surface area contributed by atoms with Crippen molar-refractivity contribution in [1.29, 1.82) is 0 Å². The standard InChI is InChI=1S/C41H58N2O11/c1-13-20-49-40(9)22-23(3)30(44)25(5)32-41(10,54-38(48)42-32)29(14-2)51-37(47)39(7,8)33(45)26(6)34(40)53-36-31(28(43(11)12)21-24(4)50-36)52-35(46)27-18-16-15-17-19-27/h1,15-19,23-26,28-29,31-32,34,36H,14,20-22H2,2-12H3,(H,42,48)/t23-,24-,25+,26+,28+,29-,31-,32-,34-,36+,40+,41-/m1/s1. The van der Waals surface area contributed by atoms with E-state index in [9.17, 15) is 24.0 Å². The van der Waals surface area contributed by atoms with Crippen molar-refractivity contribution >= 4 is 29.6 Å². The van der Waals surface area contributed by atoms with Gasteiger partial charge in [0, 0.05) is 17.8 Å². The molecule has 3 heterocycles. The topological polar surface area (TPSA) is 156 Å². The van der Waals surface area contributed by atoms with Gasteiger partial charge in [0.05, 0.1) is 35.5 Å². The van der Waals surface area contributed by atoms with Gasteiger partial charge >= 0.3 is 18.0 Å². The Morgan fingerprint density at radius 3 is 2.26 bits per heavy atom. The molecule has 1 aromatic carbocycles. The zero-order valence-electron chi connectivity index (χ0n) is 33.5. The maximum absolute atomic E-state index is 14.7. The average molecular weight is 755 g/mol. The molecule has 1 amide bonds. The van der Waals surface area contributed by atoms with Crippen molar-refractivity contribution in [2.24, 2.45) is 23.2 Å². The van der Waals surface area contributed by atoms with Crippen molar-refractivity contribution in [2.75, 3.05) is 20.7 Å². The Balaban J connectivity index is 1.86. The second-order valence-electron chi connectivity index (χ2n) is 16.3. The quantitative estimate of drug-likeness (QED) is 0.169. The third kappa shape index (κ3) is 8.67. The Labute approximate surface area is 319 Å². The number of carbonyl (C=O) groups excluding carboxylic acids is 5. The summed E-state index contributed by atoms with van der Waals surface area (Å²) in [5, 5.41) is 2.78. The molecule has 3 aliphatic rings. The van der Waals surface area contributed by atoms with Crippen LogP contribution in [-0.2, 0) is 42.8 Å². The van der Waals surface area contributed by atoms with Crippen LogP contribution in [0.25, 0.3) is 0 Å². The van der Waals surface area contributed by atoms with Crippen LogP contribution < -0.4 is 5.32 Å². The van der Waals surface area contributed by atoms with Gasteiger partial charge in [-0.3, -0.25) is 14.4 Å². The number of cyclic esters (lactones) is 1. The summed E-state index contributed by atoms with van der Waals surface area (Å²) in [6.45, 7) is 14.8. The van der Waals surface area contributed by atoms with Crippen LogP contribution >= 0.6 is 0 Å². The number of carbonyl (C=O) groups is 5. The predicted octanol–water partition coefficient (Wildman–Crippen LogP) is 4.74. The summed E-state index contributed by atoms with van der Waals surface area (Å²) < 4.78 is 37.6. The van der Waals surface area contributed by atoms with E-state index in [-0.39, 0.29) is 37.4 Å². The molecule has 12 atom stereocenters. The summed E-state index contributed by atoms with van der Waals surface area (Å²) in [5.41, 5.74) is -4.25. The largest absolute Gasteiger partial charge is 0.457 e. The monoisotopic (exact) mass is 754 g/mol. The average Bonchev–Trinajstić information content (AvgIpc) is 3.44. The highest BCUT2D eigenvalue weighted by atomic mass is 16.7. The highest BCUT2D eigenvalue weighted by molar-refractivity contribution is 6.04. The van der Waals surface area contributed by atoms with Crippen molar-refractivity contribution in [1.82, 2.24) is 10.2 Å². The molecule has 13 nitrogen and oxygen atoms in total. The van der Waals surface area contributed by atoms with Crippen molar-refractivity contribution in [3.63, 3.8) is 0 Å². The van der Waals surface area contributed by atoms with E-state index >= 15 is 0 Å². The highest BCUT2D eigenvalue weighted by Crippen LogP contribution is 2.42. The predicted molar refractivity (Wildman–Crippen MR) is 198 cm³/mol. The molecule has 0 unspecified atom stereocenters. The molecule has 3 saturated heterocycles. The van der Waals surface area contributed by atoms with Crippen molar-refractivity contribution in [2.45, 2.75) is 136 Å². The number of fused-ring (bicyclic) bond motifs is 1. The van der Waals surface area contributed by atoms with Crippen LogP contribution in [0.5, 0.6) is 0 Å². The second kappa shape index (κ2) is 16.9. The van der Waals surface area contributed by atoms with Crippen LogP contribution in [0.15, 0.2) is 30.3 Å². The number of ether oxygens (including phenoxy) is 6. The van der Waals surface area contributed by atoms with Gasteiger partial charge in [0.2, 0.25) is 0 Å². The van der Waals surface area contributed by atoms with Gasteiger partial charge < -0.3 is 38.6 Å². The van der Waals surface area contributed by atoms with E-state index < -0.39 is 88.8 Å². The molecule has 54 heavy (non-hydrogen) atoms. The summed E-state index contributed by atoms with van der Waals surface area (Å²) in [7, 11) is 3.73. The second-order valence-corrected chi connectivity index (χ2v) is 16.3.